The summed E-state index contributed by atoms with van der Waals surface area (Å²) in [5, 5.41) is 0. The Labute approximate surface area is 172 Å². The van der Waals surface area contributed by atoms with E-state index in [1.807, 2.05) is 20.8 Å². The first kappa shape index (κ1) is 27.7. The van der Waals surface area contributed by atoms with Gasteiger partial charge in [0.05, 0.1) is 56.4 Å². The fourth-order valence-corrected chi connectivity index (χ4v) is 3.46. The molecule has 0 rings (SSSR count). The highest BCUT2D eigenvalue weighted by molar-refractivity contribution is 4.71. The van der Waals surface area contributed by atoms with Gasteiger partial charge in [-0.2, -0.15) is 0 Å². The van der Waals surface area contributed by atoms with Crippen LogP contribution in [0, 0.1) is 0 Å². The van der Waals surface area contributed by atoms with Gasteiger partial charge in [-0.1, -0.05) is 0 Å². The molecular formula is C21H45NO6. The van der Waals surface area contributed by atoms with E-state index in [-0.39, 0.29) is 36.6 Å². The second-order valence-electron chi connectivity index (χ2n) is 7.86. The van der Waals surface area contributed by atoms with E-state index in [9.17, 15) is 0 Å². The van der Waals surface area contributed by atoms with Crippen LogP contribution < -0.4 is 0 Å². The van der Waals surface area contributed by atoms with E-state index in [1.165, 1.54) is 0 Å². The van der Waals surface area contributed by atoms with E-state index in [1.54, 1.807) is 21.3 Å². The van der Waals surface area contributed by atoms with Gasteiger partial charge in [0.15, 0.2) is 0 Å². The van der Waals surface area contributed by atoms with Crippen LogP contribution in [0.4, 0.5) is 0 Å². The molecule has 7 heteroatoms. The molecule has 0 amide bonds. The smallest absolute Gasteiger partial charge is 0.0784 e. The first-order valence-corrected chi connectivity index (χ1v) is 10.4. The second-order valence-corrected chi connectivity index (χ2v) is 7.86. The van der Waals surface area contributed by atoms with Crippen molar-refractivity contribution in [3.63, 3.8) is 0 Å². The van der Waals surface area contributed by atoms with Crippen LogP contribution >= 0.6 is 0 Å². The molecule has 0 heterocycles. The van der Waals surface area contributed by atoms with Gasteiger partial charge in [0.25, 0.3) is 0 Å². The molecule has 0 radical (unpaired) electrons. The van der Waals surface area contributed by atoms with Crippen LogP contribution in [0.2, 0.25) is 0 Å². The summed E-state index contributed by atoms with van der Waals surface area (Å²) in [6, 6.07) is 0. The van der Waals surface area contributed by atoms with Crippen molar-refractivity contribution in [2.75, 3.05) is 60.8 Å². The summed E-state index contributed by atoms with van der Waals surface area (Å²) in [6.07, 6.45) is 0.431. The monoisotopic (exact) mass is 407 g/mol. The highest BCUT2D eigenvalue weighted by Gasteiger charge is 2.20. The number of ether oxygens (including phenoxy) is 6. The molecule has 0 aliphatic carbocycles. The van der Waals surface area contributed by atoms with E-state index >= 15 is 0 Å². The van der Waals surface area contributed by atoms with Gasteiger partial charge < -0.3 is 28.4 Å². The van der Waals surface area contributed by atoms with Crippen LogP contribution in [0.1, 0.15) is 41.5 Å². The molecule has 0 saturated heterocycles. The lowest BCUT2D eigenvalue weighted by Crippen LogP contribution is -2.44. The average molecular weight is 408 g/mol. The number of hydrogen-bond acceptors (Lipinski definition) is 7. The van der Waals surface area contributed by atoms with Gasteiger partial charge in [-0.25, -0.2) is 0 Å². The molecule has 0 fully saturated rings. The van der Waals surface area contributed by atoms with E-state index in [2.05, 4.69) is 25.7 Å². The minimum absolute atomic E-state index is 0.0626. The van der Waals surface area contributed by atoms with Crippen LogP contribution in [0.15, 0.2) is 0 Å². The number of hydrogen-bond donors (Lipinski definition) is 0. The maximum atomic E-state index is 6.04. The first-order valence-electron chi connectivity index (χ1n) is 10.4. The number of methoxy groups -OCH3 is 3. The lowest BCUT2D eigenvalue weighted by Gasteiger charge is -2.32. The van der Waals surface area contributed by atoms with Gasteiger partial charge in [-0.15, -0.1) is 0 Å². The van der Waals surface area contributed by atoms with Crippen LogP contribution in [0.25, 0.3) is 0 Å². The number of nitrogens with zero attached hydrogens (tertiary/aromatic N) is 1. The zero-order chi connectivity index (χ0) is 21.5. The Hall–Kier alpha value is -0.280. The molecule has 6 unspecified atom stereocenters. The highest BCUT2D eigenvalue weighted by atomic mass is 16.5. The molecule has 0 bridgehead atoms. The van der Waals surface area contributed by atoms with Crippen molar-refractivity contribution in [1.29, 1.82) is 0 Å². The maximum absolute atomic E-state index is 6.04. The predicted molar refractivity (Wildman–Crippen MR) is 112 cm³/mol. The van der Waals surface area contributed by atoms with Crippen molar-refractivity contribution in [3.8, 4) is 0 Å². The van der Waals surface area contributed by atoms with Crippen molar-refractivity contribution in [2.24, 2.45) is 0 Å². The lowest BCUT2D eigenvalue weighted by molar-refractivity contribution is -0.0794. The summed E-state index contributed by atoms with van der Waals surface area (Å²) in [6.45, 7) is 16.5. The highest BCUT2D eigenvalue weighted by Crippen LogP contribution is 2.09. The van der Waals surface area contributed by atoms with Crippen LogP contribution in [-0.4, -0.2) is 102 Å². The van der Waals surface area contributed by atoms with Crippen molar-refractivity contribution in [1.82, 2.24) is 4.90 Å². The molecule has 28 heavy (non-hydrogen) atoms. The summed E-state index contributed by atoms with van der Waals surface area (Å²) in [4.78, 5) is 2.35. The van der Waals surface area contributed by atoms with E-state index in [0.29, 0.717) is 19.8 Å². The zero-order valence-corrected chi connectivity index (χ0v) is 19.6. The molecule has 0 aromatic rings. The fourth-order valence-electron chi connectivity index (χ4n) is 3.46. The molecule has 0 aromatic heterocycles. The predicted octanol–water partition coefficient (Wildman–Crippen LogP) is 2.61. The Balaban J connectivity index is 4.75. The Morgan fingerprint density at radius 1 is 0.464 bits per heavy atom. The van der Waals surface area contributed by atoms with Gasteiger partial charge in [0, 0.05) is 41.0 Å². The summed E-state index contributed by atoms with van der Waals surface area (Å²) in [5.41, 5.74) is 0. The van der Waals surface area contributed by atoms with Gasteiger partial charge in [0.2, 0.25) is 0 Å². The van der Waals surface area contributed by atoms with Gasteiger partial charge >= 0.3 is 0 Å². The summed E-state index contributed by atoms with van der Waals surface area (Å²) in [7, 11) is 5.08. The third-order valence-corrected chi connectivity index (χ3v) is 4.14. The molecule has 0 saturated carbocycles. The Bertz CT molecular complexity index is 307. The third kappa shape index (κ3) is 14.7. The van der Waals surface area contributed by atoms with Gasteiger partial charge in [0.1, 0.15) is 0 Å². The average Bonchev–Trinajstić information content (AvgIpc) is 2.54. The summed E-state index contributed by atoms with van der Waals surface area (Å²) in [5.74, 6) is 0. The molecule has 6 atom stereocenters. The van der Waals surface area contributed by atoms with Gasteiger partial charge in [-0.05, 0) is 41.5 Å². The Morgan fingerprint density at radius 3 is 0.929 bits per heavy atom. The zero-order valence-electron chi connectivity index (χ0n) is 19.6. The van der Waals surface area contributed by atoms with Crippen LogP contribution in [0.3, 0.4) is 0 Å². The quantitative estimate of drug-likeness (QED) is 0.346. The molecule has 0 aliphatic rings. The van der Waals surface area contributed by atoms with Crippen molar-refractivity contribution < 1.29 is 28.4 Å². The number of rotatable bonds is 18. The molecular weight excluding hydrogens is 362 g/mol. The molecule has 0 aliphatic heterocycles. The van der Waals surface area contributed by atoms with E-state index in [0.717, 1.165) is 19.6 Å². The van der Waals surface area contributed by atoms with Gasteiger partial charge in [-0.3, -0.25) is 4.90 Å². The van der Waals surface area contributed by atoms with Crippen molar-refractivity contribution >= 4 is 0 Å². The fraction of sp³-hybridized carbons (Fsp3) is 1.00. The Morgan fingerprint density at radius 2 is 0.714 bits per heavy atom. The molecule has 7 nitrogen and oxygen atoms in total. The topological polar surface area (TPSA) is 58.6 Å². The maximum Gasteiger partial charge on any atom is 0.0784 e. The summed E-state index contributed by atoms with van der Waals surface area (Å²) >= 11 is 0. The second kappa shape index (κ2) is 16.5. The summed E-state index contributed by atoms with van der Waals surface area (Å²) < 4.78 is 33.6. The minimum Gasteiger partial charge on any atom is -0.382 e. The molecule has 170 valence electrons. The normalized spacial score (nSPS) is 18.6. The Kier molecular flexibility index (Phi) is 16.3. The standard InChI is InChI=1S/C21H45NO6/c1-16(26-19(4)13-23-7)10-22(11-17(2)27-20(5)14-24-8)12-18(3)28-21(6)15-25-9/h16-21H,10-15H2,1-9H3. The lowest BCUT2D eigenvalue weighted by atomic mass is 10.2. The van der Waals surface area contributed by atoms with E-state index in [4.69, 9.17) is 28.4 Å². The molecule has 0 aromatic carbocycles. The van der Waals surface area contributed by atoms with Crippen molar-refractivity contribution in [2.45, 2.75) is 78.2 Å². The third-order valence-electron chi connectivity index (χ3n) is 4.14. The van der Waals surface area contributed by atoms with Crippen LogP contribution in [0.5, 0.6) is 0 Å². The van der Waals surface area contributed by atoms with E-state index < -0.39 is 0 Å². The SMILES string of the molecule is COCC(C)OC(C)CN(CC(C)OC(C)COC)CC(C)OC(C)COC. The van der Waals surface area contributed by atoms with Crippen molar-refractivity contribution in [3.05, 3.63) is 0 Å². The minimum atomic E-state index is 0.0626. The van der Waals surface area contributed by atoms with Crippen LogP contribution in [-0.2, 0) is 28.4 Å². The molecule has 0 spiro atoms. The molecule has 0 N–H and O–H groups in total. The first-order chi connectivity index (χ1) is 13.2. The largest absolute Gasteiger partial charge is 0.382 e.